The highest BCUT2D eigenvalue weighted by atomic mass is 15.1. The van der Waals surface area contributed by atoms with Crippen LogP contribution in [0.3, 0.4) is 0 Å². The molecule has 0 bridgehead atoms. The average Bonchev–Trinajstić information content (AvgIpc) is 2.15. The molecule has 14 heavy (non-hydrogen) atoms. The predicted octanol–water partition coefficient (Wildman–Crippen LogP) is -0.389. The summed E-state index contributed by atoms with van der Waals surface area (Å²) in [5.41, 5.74) is 5.79. The molecule has 1 fully saturated rings. The van der Waals surface area contributed by atoms with E-state index in [4.69, 9.17) is 5.73 Å². The van der Waals surface area contributed by atoms with Crippen LogP contribution in [0.15, 0.2) is 0 Å². The van der Waals surface area contributed by atoms with Crippen LogP contribution in [-0.2, 0) is 0 Å². The Morgan fingerprint density at radius 3 is 2.71 bits per heavy atom. The zero-order valence-corrected chi connectivity index (χ0v) is 9.34. The first kappa shape index (κ1) is 11.9. The van der Waals surface area contributed by atoms with Crippen molar-refractivity contribution in [2.75, 3.05) is 19.6 Å². The van der Waals surface area contributed by atoms with Gasteiger partial charge >= 0.3 is 0 Å². The van der Waals surface area contributed by atoms with Crippen molar-refractivity contribution in [3.8, 4) is 0 Å². The Morgan fingerprint density at radius 1 is 1.36 bits per heavy atom. The summed E-state index contributed by atoms with van der Waals surface area (Å²) in [5.74, 6) is 0. The summed E-state index contributed by atoms with van der Waals surface area (Å²) in [7, 11) is 0. The molecule has 4 heteroatoms. The molecule has 4 nitrogen and oxygen atoms in total. The fraction of sp³-hybridized carbons (Fsp3) is 1.00. The van der Waals surface area contributed by atoms with E-state index in [2.05, 4.69) is 29.8 Å². The van der Waals surface area contributed by atoms with Gasteiger partial charge in [-0.15, -0.1) is 0 Å². The van der Waals surface area contributed by atoms with Gasteiger partial charge < -0.3 is 21.7 Å². The summed E-state index contributed by atoms with van der Waals surface area (Å²) in [6.45, 7) is 7.32. The van der Waals surface area contributed by atoms with Gasteiger partial charge in [-0.1, -0.05) is 13.8 Å². The van der Waals surface area contributed by atoms with Crippen LogP contribution in [0, 0.1) is 0 Å². The minimum atomic E-state index is 0.349. The Labute approximate surface area is 87.0 Å². The normalized spacial score (nSPS) is 28.3. The molecule has 0 aromatic rings. The number of nitrogens with two attached hydrogens (primary N) is 1. The monoisotopic (exact) mass is 200 g/mol. The Kier molecular flexibility index (Phi) is 5.40. The number of piperidine rings is 1. The van der Waals surface area contributed by atoms with Crippen molar-refractivity contribution in [1.82, 2.24) is 16.0 Å². The third-order valence-electron chi connectivity index (χ3n) is 2.52. The van der Waals surface area contributed by atoms with Crippen LogP contribution in [0.1, 0.15) is 26.7 Å². The lowest BCUT2D eigenvalue weighted by Crippen LogP contribution is -2.53. The molecule has 1 saturated heterocycles. The highest BCUT2D eigenvalue weighted by Crippen LogP contribution is 2.03. The van der Waals surface area contributed by atoms with Crippen molar-refractivity contribution in [3.63, 3.8) is 0 Å². The van der Waals surface area contributed by atoms with E-state index in [0.717, 1.165) is 32.5 Å². The molecule has 2 atom stereocenters. The third kappa shape index (κ3) is 4.91. The second-order valence-corrected chi connectivity index (χ2v) is 4.36. The third-order valence-corrected chi connectivity index (χ3v) is 2.52. The fourth-order valence-electron chi connectivity index (χ4n) is 1.66. The van der Waals surface area contributed by atoms with Crippen molar-refractivity contribution in [2.24, 2.45) is 5.73 Å². The second kappa shape index (κ2) is 6.35. The smallest absolute Gasteiger partial charge is 0.0573 e. The molecule has 1 heterocycles. The van der Waals surface area contributed by atoms with Crippen LogP contribution in [0.4, 0.5) is 0 Å². The highest BCUT2D eigenvalue weighted by molar-refractivity contribution is 4.78. The Morgan fingerprint density at radius 2 is 2.14 bits per heavy atom. The molecule has 0 saturated carbocycles. The molecule has 0 aliphatic carbocycles. The minimum Gasteiger partial charge on any atom is -0.327 e. The highest BCUT2D eigenvalue weighted by Gasteiger charge is 2.16. The standard InChI is InChI=1S/C10H24N4/c1-8(2)12-5-6-13-10-4-3-9(11)7-14-10/h8-10,12-14H,3-7,11H2,1-2H3/t9-,10-/m1/s1. The molecule has 0 unspecified atom stereocenters. The quantitative estimate of drug-likeness (QED) is 0.457. The molecule has 0 aromatic heterocycles. The molecule has 1 aliphatic heterocycles. The van der Waals surface area contributed by atoms with Gasteiger partial charge in [0, 0.05) is 31.7 Å². The molecular weight excluding hydrogens is 176 g/mol. The zero-order valence-electron chi connectivity index (χ0n) is 9.34. The Bertz CT molecular complexity index is 141. The number of hydrogen-bond acceptors (Lipinski definition) is 4. The van der Waals surface area contributed by atoms with Gasteiger partial charge in [-0.2, -0.15) is 0 Å². The van der Waals surface area contributed by atoms with Gasteiger partial charge in [-0.05, 0) is 12.8 Å². The van der Waals surface area contributed by atoms with Crippen LogP contribution < -0.4 is 21.7 Å². The van der Waals surface area contributed by atoms with E-state index in [0.29, 0.717) is 18.2 Å². The number of hydrogen-bond donors (Lipinski definition) is 4. The summed E-state index contributed by atoms with van der Waals surface area (Å²) in [6.07, 6.45) is 2.73. The van der Waals surface area contributed by atoms with Gasteiger partial charge in [0.25, 0.3) is 0 Å². The van der Waals surface area contributed by atoms with E-state index < -0.39 is 0 Å². The van der Waals surface area contributed by atoms with Crippen molar-refractivity contribution in [1.29, 1.82) is 0 Å². The average molecular weight is 200 g/mol. The summed E-state index contributed by atoms with van der Waals surface area (Å²) in [6, 6.07) is 0.923. The molecule has 1 aliphatic rings. The van der Waals surface area contributed by atoms with Crippen molar-refractivity contribution in [3.05, 3.63) is 0 Å². The Balaban J connectivity index is 1.96. The van der Waals surface area contributed by atoms with E-state index >= 15 is 0 Å². The van der Waals surface area contributed by atoms with E-state index in [9.17, 15) is 0 Å². The van der Waals surface area contributed by atoms with E-state index in [1.165, 1.54) is 0 Å². The molecule has 0 amide bonds. The van der Waals surface area contributed by atoms with E-state index in [-0.39, 0.29) is 0 Å². The van der Waals surface area contributed by atoms with Crippen LogP contribution in [0.2, 0.25) is 0 Å². The topological polar surface area (TPSA) is 62.1 Å². The summed E-state index contributed by atoms with van der Waals surface area (Å²) < 4.78 is 0. The van der Waals surface area contributed by atoms with Gasteiger partial charge in [0.1, 0.15) is 0 Å². The predicted molar refractivity (Wildman–Crippen MR) is 60.1 cm³/mol. The lowest BCUT2D eigenvalue weighted by atomic mass is 10.1. The first-order valence-electron chi connectivity index (χ1n) is 5.64. The molecule has 0 radical (unpaired) electrons. The maximum atomic E-state index is 5.79. The van der Waals surface area contributed by atoms with Crippen LogP contribution in [0.25, 0.3) is 0 Å². The lowest BCUT2D eigenvalue weighted by molar-refractivity contribution is 0.318. The Hall–Kier alpha value is -0.160. The minimum absolute atomic E-state index is 0.349. The molecule has 0 aromatic carbocycles. The van der Waals surface area contributed by atoms with Gasteiger partial charge in [-0.3, -0.25) is 0 Å². The maximum Gasteiger partial charge on any atom is 0.0573 e. The van der Waals surface area contributed by atoms with Crippen LogP contribution in [-0.4, -0.2) is 37.9 Å². The number of nitrogens with one attached hydrogen (secondary N) is 3. The molecule has 1 rings (SSSR count). The van der Waals surface area contributed by atoms with E-state index in [1.54, 1.807) is 0 Å². The summed E-state index contributed by atoms with van der Waals surface area (Å²) in [4.78, 5) is 0. The van der Waals surface area contributed by atoms with Gasteiger partial charge in [0.2, 0.25) is 0 Å². The zero-order chi connectivity index (χ0) is 10.4. The largest absolute Gasteiger partial charge is 0.327 e. The van der Waals surface area contributed by atoms with Gasteiger partial charge in [0.05, 0.1) is 6.17 Å². The van der Waals surface area contributed by atoms with E-state index in [1.807, 2.05) is 0 Å². The SMILES string of the molecule is CC(C)NCCN[C@H]1CC[C@@H](N)CN1. The van der Waals surface area contributed by atoms with Crippen molar-refractivity contribution >= 4 is 0 Å². The second-order valence-electron chi connectivity index (χ2n) is 4.36. The fourth-order valence-corrected chi connectivity index (χ4v) is 1.66. The maximum absolute atomic E-state index is 5.79. The molecular formula is C10H24N4. The van der Waals surface area contributed by atoms with Crippen LogP contribution in [0.5, 0.6) is 0 Å². The first-order valence-corrected chi connectivity index (χ1v) is 5.64. The number of rotatable bonds is 5. The first-order chi connectivity index (χ1) is 6.68. The molecule has 84 valence electrons. The van der Waals surface area contributed by atoms with Gasteiger partial charge in [0.15, 0.2) is 0 Å². The molecule has 5 N–H and O–H groups in total. The molecule has 0 spiro atoms. The summed E-state index contributed by atoms with van der Waals surface area (Å²) >= 11 is 0. The lowest BCUT2D eigenvalue weighted by Gasteiger charge is -2.28. The van der Waals surface area contributed by atoms with Crippen molar-refractivity contribution in [2.45, 2.75) is 44.9 Å². The van der Waals surface area contributed by atoms with Gasteiger partial charge in [-0.25, -0.2) is 0 Å². The summed E-state index contributed by atoms with van der Waals surface area (Å²) in [5, 5.41) is 10.2. The van der Waals surface area contributed by atoms with Crippen molar-refractivity contribution < 1.29 is 0 Å². The van der Waals surface area contributed by atoms with Crippen LogP contribution >= 0.6 is 0 Å².